The van der Waals surface area contributed by atoms with Gasteiger partial charge in [0.25, 0.3) is 0 Å². The van der Waals surface area contributed by atoms with Crippen LogP contribution in [0.25, 0.3) is 0 Å². The molecule has 0 radical (unpaired) electrons. The summed E-state index contributed by atoms with van der Waals surface area (Å²) in [6.07, 6.45) is 6.34. The molecule has 4 N–H and O–H groups in total. The van der Waals surface area contributed by atoms with E-state index in [9.17, 15) is 0 Å². The predicted octanol–water partition coefficient (Wildman–Crippen LogP) is 1.19. The normalized spacial score (nSPS) is 17.7. The summed E-state index contributed by atoms with van der Waals surface area (Å²) < 4.78 is 0. The van der Waals surface area contributed by atoms with Crippen LogP contribution in [0.15, 0.2) is 0 Å². The van der Waals surface area contributed by atoms with Crippen molar-refractivity contribution in [1.82, 2.24) is 4.90 Å². The van der Waals surface area contributed by atoms with Gasteiger partial charge in [-0.05, 0) is 51.1 Å². The molecule has 0 atom stereocenters. The van der Waals surface area contributed by atoms with Crippen LogP contribution in [0.4, 0.5) is 0 Å². The molecular weight excluding hydrogens is 202 g/mol. The van der Waals surface area contributed by atoms with Gasteiger partial charge in [0.15, 0.2) is 0 Å². The number of nitrogens with two attached hydrogens (primary N) is 1. The minimum absolute atomic E-state index is 0.304. The van der Waals surface area contributed by atoms with Crippen LogP contribution in [-0.4, -0.2) is 42.6 Å². The van der Waals surface area contributed by atoms with E-state index < -0.39 is 0 Å². The van der Waals surface area contributed by atoms with E-state index in [0.29, 0.717) is 17.9 Å². The Kier molecular flexibility index (Phi) is 5.22. The number of hydrogen-bond donors (Lipinski definition) is 3. The summed E-state index contributed by atoms with van der Waals surface area (Å²) in [5.74, 6) is 0.325. The lowest BCUT2D eigenvalue weighted by Gasteiger charge is -2.23. The fourth-order valence-corrected chi connectivity index (χ4v) is 2.29. The van der Waals surface area contributed by atoms with Gasteiger partial charge in [0.1, 0.15) is 0 Å². The highest BCUT2D eigenvalue weighted by atomic mass is 16.2. The van der Waals surface area contributed by atoms with E-state index in [1.165, 1.54) is 12.8 Å². The van der Waals surface area contributed by atoms with Gasteiger partial charge in [0.2, 0.25) is 0 Å². The van der Waals surface area contributed by atoms with E-state index in [2.05, 4.69) is 11.9 Å². The van der Waals surface area contributed by atoms with Crippen LogP contribution in [0.2, 0.25) is 0 Å². The van der Waals surface area contributed by atoms with Gasteiger partial charge in [-0.2, -0.15) is 0 Å². The first kappa shape index (κ1) is 13.5. The standard InChI is InChI=1S/C12H25N3O/c1-15(7-3-2-4-8-16)10-12(5-6-12)9-11(13)14/h16H,2-10H2,1H3,(H3,13,14). The molecule has 0 amide bonds. The second kappa shape index (κ2) is 6.21. The fourth-order valence-electron chi connectivity index (χ4n) is 2.29. The predicted molar refractivity (Wildman–Crippen MR) is 66.6 cm³/mol. The topological polar surface area (TPSA) is 73.3 Å². The molecule has 0 aromatic carbocycles. The van der Waals surface area contributed by atoms with Crippen molar-refractivity contribution >= 4 is 5.84 Å². The Hall–Kier alpha value is -0.610. The molecule has 16 heavy (non-hydrogen) atoms. The van der Waals surface area contributed by atoms with Gasteiger partial charge in [-0.15, -0.1) is 0 Å². The van der Waals surface area contributed by atoms with Crippen molar-refractivity contribution in [3.63, 3.8) is 0 Å². The third kappa shape index (κ3) is 4.94. The first-order valence-electron chi connectivity index (χ1n) is 6.20. The van der Waals surface area contributed by atoms with E-state index in [1.807, 2.05) is 0 Å². The molecule has 0 spiro atoms. The summed E-state index contributed by atoms with van der Waals surface area (Å²) >= 11 is 0. The first-order chi connectivity index (χ1) is 7.58. The Morgan fingerprint density at radius 2 is 2.06 bits per heavy atom. The number of amidine groups is 1. The fraction of sp³-hybridized carbons (Fsp3) is 0.917. The number of nitrogens with one attached hydrogen (secondary N) is 1. The molecule has 0 unspecified atom stereocenters. The molecule has 0 bridgehead atoms. The molecule has 4 heteroatoms. The van der Waals surface area contributed by atoms with Gasteiger partial charge in [-0.25, -0.2) is 0 Å². The molecule has 1 saturated carbocycles. The maximum atomic E-state index is 8.68. The monoisotopic (exact) mass is 227 g/mol. The second-order valence-electron chi connectivity index (χ2n) is 5.22. The Bertz CT molecular complexity index is 226. The van der Waals surface area contributed by atoms with Gasteiger partial charge < -0.3 is 15.7 Å². The number of rotatable bonds is 9. The zero-order valence-electron chi connectivity index (χ0n) is 10.3. The van der Waals surface area contributed by atoms with Crippen molar-refractivity contribution in [2.45, 2.75) is 38.5 Å². The molecule has 1 rings (SSSR count). The highest BCUT2D eigenvalue weighted by molar-refractivity contribution is 5.78. The summed E-state index contributed by atoms with van der Waals surface area (Å²) in [4.78, 5) is 2.34. The zero-order valence-corrected chi connectivity index (χ0v) is 10.3. The van der Waals surface area contributed by atoms with Crippen LogP contribution in [0.5, 0.6) is 0 Å². The summed E-state index contributed by atoms with van der Waals surface area (Å²) in [6.45, 7) is 2.45. The molecule has 1 aliphatic rings. The molecule has 0 aromatic rings. The summed E-state index contributed by atoms with van der Waals surface area (Å²) in [7, 11) is 2.14. The molecular formula is C12H25N3O. The number of aliphatic hydroxyl groups is 1. The minimum Gasteiger partial charge on any atom is -0.396 e. The molecule has 0 heterocycles. The van der Waals surface area contributed by atoms with Crippen LogP contribution in [0, 0.1) is 10.8 Å². The van der Waals surface area contributed by atoms with Gasteiger partial charge in [-0.1, -0.05) is 0 Å². The number of nitrogens with zero attached hydrogens (tertiary/aromatic N) is 1. The maximum absolute atomic E-state index is 8.68. The Morgan fingerprint density at radius 3 is 2.56 bits per heavy atom. The molecule has 4 nitrogen and oxygen atoms in total. The van der Waals surface area contributed by atoms with Gasteiger partial charge in [0, 0.05) is 19.6 Å². The Labute approximate surface area is 98.3 Å². The molecule has 0 aromatic heterocycles. The average Bonchev–Trinajstić information content (AvgIpc) is 2.91. The van der Waals surface area contributed by atoms with Crippen molar-refractivity contribution in [3.05, 3.63) is 0 Å². The number of hydrogen-bond acceptors (Lipinski definition) is 3. The quantitative estimate of drug-likeness (QED) is 0.315. The third-order valence-electron chi connectivity index (χ3n) is 3.33. The average molecular weight is 227 g/mol. The Balaban J connectivity index is 2.13. The zero-order chi connectivity index (χ0) is 12.0. The van der Waals surface area contributed by atoms with Gasteiger partial charge >= 0.3 is 0 Å². The van der Waals surface area contributed by atoms with Crippen LogP contribution in [0.1, 0.15) is 38.5 Å². The lowest BCUT2D eigenvalue weighted by atomic mass is 10.0. The highest BCUT2D eigenvalue weighted by Gasteiger charge is 2.43. The van der Waals surface area contributed by atoms with Crippen LogP contribution < -0.4 is 5.73 Å². The first-order valence-corrected chi connectivity index (χ1v) is 6.20. The van der Waals surface area contributed by atoms with E-state index in [0.717, 1.165) is 38.8 Å². The lowest BCUT2D eigenvalue weighted by molar-refractivity contribution is 0.249. The van der Waals surface area contributed by atoms with Crippen LogP contribution in [-0.2, 0) is 0 Å². The van der Waals surface area contributed by atoms with Crippen molar-refractivity contribution in [1.29, 1.82) is 5.41 Å². The van der Waals surface area contributed by atoms with E-state index in [4.69, 9.17) is 16.2 Å². The van der Waals surface area contributed by atoms with Crippen molar-refractivity contribution in [2.24, 2.45) is 11.1 Å². The highest BCUT2D eigenvalue weighted by Crippen LogP contribution is 2.49. The molecule has 1 fully saturated rings. The molecule has 1 aliphatic carbocycles. The summed E-state index contributed by atoms with van der Waals surface area (Å²) in [5, 5.41) is 16.0. The molecule has 94 valence electrons. The third-order valence-corrected chi connectivity index (χ3v) is 3.33. The maximum Gasteiger partial charge on any atom is 0.0911 e. The van der Waals surface area contributed by atoms with Crippen LogP contribution in [0.3, 0.4) is 0 Å². The lowest BCUT2D eigenvalue weighted by Crippen LogP contribution is -2.30. The van der Waals surface area contributed by atoms with E-state index >= 15 is 0 Å². The van der Waals surface area contributed by atoms with Crippen molar-refractivity contribution < 1.29 is 5.11 Å². The molecule has 0 saturated heterocycles. The van der Waals surface area contributed by atoms with Gasteiger partial charge in [-0.3, -0.25) is 5.41 Å². The van der Waals surface area contributed by atoms with E-state index in [1.54, 1.807) is 0 Å². The number of unbranched alkanes of at least 4 members (excludes halogenated alkanes) is 2. The summed E-state index contributed by atoms with van der Waals surface area (Å²) in [5.41, 5.74) is 5.79. The SMILES string of the molecule is CN(CCCCCO)CC1(CC(=N)N)CC1. The molecule has 0 aliphatic heterocycles. The van der Waals surface area contributed by atoms with Crippen molar-refractivity contribution in [2.75, 3.05) is 26.7 Å². The van der Waals surface area contributed by atoms with Crippen molar-refractivity contribution in [3.8, 4) is 0 Å². The number of aliphatic hydroxyl groups excluding tert-OH is 1. The smallest absolute Gasteiger partial charge is 0.0911 e. The summed E-state index contributed by atoms with van der Waals surface area (Å²) in [6, 6.07) is 0. The van der Waals surface area contributed by atoms with Gasteiger partial charge in [0.05, 0.1) is 5.84 Å². The van der Waals surface area contributed by atoms with E-state index in [-0.39, 0.29) is 0 Å². The second-order valence-corrected chi connectivity index (χ2v) is 5.22. The minimum atomic E-state index is 0.304. The largest absolute Gasteiger partial charge is 0.396 e. The van der Waals surface area contributed by atoms with Crippen LogP contribution >= 0.6 is 0 Å². The Morgan fingerprint density at radius 1 is 1.38 bits per heavy atom.